The molecule has 2 nitrogen and oxygen atoms in total. The van der Waals surface area contributed by atoms with E-state index in [-0.39, 0.29) is 9.92 Å². The second-order valence-corrected chi connectivity index (χ2v) is 5.94. The number of carbonyl (C=O) groups is 1. The van der Waals surface area contributed by atoms with Crippen molar-refractivity contribution in [3.05, 3.63) is 64.4 Å². The maximum Gasteiger partial charge on any atom is 0.181 e. The van der Waals surface area contributed by atoms with Gasteiger partial charge in [-0.2, -0.15) is 0 Å². The van der Waals surface area contributed by atoms with Gasteiger partial charge in [0.25, 0.3) is 0 Å². The summed E-state index contributed by atoms with van der Waals surface area (Å²) in [6, 6.07) is 6.31. The Morgan fingerprint density at radius 3 is 2.24 bits per heavy atom. The number of ketones is 1. The normalized spacial score (nSPS) is 12.2. The average molecular weight is 333 g/mol. The second kappa shape index (κ2) is 6.41. The summed E-state index contributed by atoms with van der Waals surface area (Å²) in [6.45, 7) is 0. The van der Waals surface area contributed by atoms with Crippen molar-refractivity contribution in [3.8, 4) is 0 Å². The minimum absolute atomic E-state index is 0.103. The van der Waals surface area contributed by atoms with Crippen LogP contribution in [0.2, 0.25) is 5.02 Å². The average Bonchev–Trinajstić information content (AvgIpc) is 2.41. The van der Waals surface area contributed by atoms with Gasteiger partial charge in [-0.1, -0.05) is 17.7 Å². The van der Waals surface area contributed by atoms with Gasteiger partial charge in [-0.15, -0.1) is 0 Å². The molecule has 0 aliphatic rings. The predicted molar refractivity (Wildman–Crippen MR) is 73.4 cm³/mol. The molecule has 7 heteroatoms. The molecule has 2 aromatic rings. The smallest absolute Gasteiger partial charge is 0.181 e. The molecule has 0 amide bonds. The van der Waals surface area contributed by atoms with Crippen LogP contribution in [0.25, 0.3) is 0 Å². The second-order valence-electron chi connectivity index (χ2n) is 4.09. The van der Waals surface area contributed by atoms with Crippen LogP contribution in [0.15, 0.2) is 41.3 Å². The fourth-order valence-electron chi connectivity index (χ4n) is 1.66. The zero-order valence-electron chi connectivity index (χ0n) is 10.4. The van der Waals surface area contributed by atoms with Gasteiger partial charge in [0.15, 0.2) is 5.78 Å². The topological polar surface area (TPSA) is 34.1 Å². The van der Waals surface area contributed by atoms with Crippen LogP contribution in [0.3, 0.4) is 0 Å². The molecule has 2 rings (SSSR count). The largest absolute Gasteiger partial charge is 0.293 e. The maximum atomic E-state index is 13.4. The van der Waals surface area contributed by atoms with Gasteiger partial charge < -0.3 is 0 Å². The van der Waals surface area contributed by atoms with E-state index in [4.69, 9.17) is 11.6 Å². The van der Waals surface area contributed by atoms with E-state index in [0.29, 0.717) is 0 Å². The zero-order valence-corrected chi connectivity index (χ0v) is 12.0. The molecule has 1 unspecified atom stereocenters. The molecule has 0 saturated heterocycles. The van der Waals surface area contributed by atoms with Crippen molar-refractivity contribution in [2.45, 2.75) is 4.90 Å². The fraction of sp³-hybridized carbons (Fsp3) is 0.0714. The molecule has 0 fully saturated rings. The summed E-state index contributed by atoms with van der Waals surface area (Å²) in [5.41, 5.74) is -0.737. The molecular formula is C14H8ClF3O2S. The molecule has 1 atom stereocenters. The van der Waals surface area contributed by atoms with Crippen LogP contribution in [0.5, 0.6) is 0 Å². The summed E-state index contributed by atoms with van der Waals surface area (Å²) in [4.78, 5) is 11.9. The van der Waals surface area contributed by atoms with Gasteiger partial charge in [-0.05, 0) is 30.3 Å². The first-order chi connectivity index (χ1) is 9.90. The minimum Gasteiger partial charge on any atom is -0.293 e. The van der Waals surface area contributed by atoms with E-state index in [0.717, 1.165) is 30.3 Å². The molecule has 2 aromatic carbocycles. The quantitative estimate of drug-likeness (QED) is 0.799. The van der Waals surface area contributed by atoms with E-state index in [1.807, 2.05) is 0 Å². The monoisotopic (exact) mass is 332 g/mol. The third kappa shape index (κ3) is 3.51. The lowest BCUT2D eigenvalue weighted by atomic mass is 10.1. The number of hydrogen-bond acceptors (Lipinski definition) is 2. The van der Waals surface area contributed by atoms with Gasteiger partial charge in [-0.25, -0.2) is 13.2 Å². The lowest BCUT2D eigenvalue weighted by molar-refractivity contribution is 0.101. The van der Waals surface area contributed by atoms with E-state index in [1.165, 1.54) is 6.07 Å². The van der Waals surface area contributed by atoms with Crippen LogP contribution in [-0.4, -0.2) is 15.7 Å². The summed E-state index contributed by atoms with van der Waals surface area (Å²) < 4.78 is 51.9. The van der Waals surface area contributed by atoms with E-state index in [1.54, 1.807) is 0 Å². The van der Waals surface area contributed by atoms with Crippen molar-refractivity contribution in [1.82, 2.24) is 0 Å². The minimum atomic E-state index is -1.88. The Morgan fingerprint density at radius 2 is 1.67 bits per heavy atom. The van der Waals surface area contributed by atoms with E-state index in [2.05, 4.69) is 0 Å². The Bertz CT molecular complexity index is 714. The number of rotatable bonds is 4. The van der Waals surface area contributed by atoms with E-state index >= 15 is 0 Å². The van der Waals surface area contributed by atoms with Gasteiger partial charge in [-0.3, -0.25) is 9.00 Å². The van der Waals surface area contributed by atoms with Crippen molar-refractivity contribution in [1.29, 1.82) is 0 Å². The van der Waals surface area contributed by atoms with Gasteiger partial charge in [0, 0.05) is 4.90 Å². The highest BCUT2D eigenvalue weighted by molar-refractivity contribution is 7.85. The molecule has 0 N–H and O–H groups in total. The number of halogens is 4. The molecule has 0 spiro atoms. The summed E-state index contributed by atoms with van der Waals surface area (Å²) in [6.07, 6.45) is 0. The number of Topliss-reactive ketones (excluding diaryl/α,β-unsaturated/α-hetero) is 1. The molecule has 110 valence electrons. The highest BCUT2D eigenvalue weighted by Crippen LogP contribution is 2.20. The van der Waals surface area contributed by atoms with Gasteiger partial charge in [0.2, 0.25) is 0 Å². The van der Waals surface area contributed by atoms with Crippen molar-refractivity contribution in [3.63, 3.8) is 0 Å². The highest BCUT2D eigenvalue weighted by Gasteiger charge is 2.20. The molecule has 0 saturated carbocycles. The third-order valence-electron chi connectivity index (χ3n) is 2.66. The lowest BCUT2D eigenvalue weighted by Gasteiger charge is -2.05. The Kier molecular flexibility index (Phi) is 4.80. The lowest BCUT2D eigenvalue weighted by Crippen LogP contribution is -2.14. The van der Waals surface area contributed by atoms with Gasteiger partial charge in [0.05, 0.1) is 27.1 Å². The van der Waals surface area contributed by atoms with E-state index in [9.17, 15) is 22.2 Å². The summed E-state index contributed by atoms with van der Waals surface area (Å²) in [7, 11) is -1.88. The predicted octanol–water partition coefficient (Wildman–Crippen LogP) is 3.75. The van der Waals surface area contributed by atoms with Crippen molar-refractivity contribution in [2.75, 3.05) is 5.75 Å². The molecule has 0 aliphatic carbocycles. The fourth-order valence-corrected chi connectivity index (χ4v) is 2.92. The third-order valence-corrected chi connectivity index (χ3v) is 4.25. The Hall–Kier alpha value is -1.66. The Morgan fingerprint density at radius 1 is 1.05 bits per heavy atom. The summed E-state index contributed by atoms with van der Waals surface area (Å²) >= 11 is 5.55. The maximum absolute atomic E-state index is 13.4. The Balaban J connectivity index is 2.23. The standard InChI is InChI=1S/C14H8ClF3O2S/c15-9-6-8(4-5-10(9)16)21(20)7-13(19)14-11(17)2-1-3-12(14)18/h1-6H,7H2. The molecule has 0 heterocycles. The summed E-state index contributed by atoms with van der Waals surface area (Å²) in [5, 5.41) is -0.245. The molecule has 0 aromatic heterocycles. The first-order valence-corrected chi connectivity index (χ1v) is 7.40. The number of hydrogen-bond donors (Lipinski definition) is 0. The molecule has 0 radical (unpaired) electrons. The van der Waals surface area contributed by atoms with Crippen LogP contribution >= 0.6 is 11.6 Å². The number of carbonyl (C=O) groups excluding carboxylic acids is 1. The van der Waals surface area contributed by atoms with E-state index < -0.39 is 45.4 Å². The van der Waals surface area contributed by atoms with Crippen molar-refractivity contribution in [2.24, 2.45) is 0 Å². The van der Waals surface area contributed by atoms with Crippen LogP contribution in [0, 0.1) is 17.5 Å². The van der Waals surface area contributed by atoms with Crippen LogP contribution in [-0.2, 0) is 10.8 Å². The van der Waals surface area contributed by atoms with Gasteiger partial charge >= 0.3 is 0 Å². The first kappa shape index (κ1) is 15.7. The van der Waals surface area contributed by atoms with Crippen molar-refractivity contribution >= 4 is 28.2 Å². The SMILES string of the molecule is O=C(CS(=O)c1ccc(F)c(Cl)c1)c1c(F)cccc1F. The van der Waals surface area contributed by atoms with Crippen LogP contribution in [0.1, 0.15) is 10.4 Å². The Labute approximate surface area is 126 Å². The molecular weight excluding hydrogens is 325 g/mol. The molecule has 0 bridgehead atoms. The van der Waals surface area contributed by atoms with Crippen LogP contribution in [0.4, 0.5) is 13.2 Å². The highest BCUT2D eigenvalue weighted by atomic mass is 35.5. The summed E-state index contributed by atoms with van der Waals surface area (Å²) in [5.74, 6) is -4.30. The molecule has 21 heavy (non-hydrogen) atoms. The first-order valence-electron chi connectivity index (χ1n) is 5.71. The van der Waals surface area contributed by atoms with Crippen LogP contribution < -0.4 is 0 Å². The van der Waals surface area contributed by atoms with Gasteiger partial charge in [0.1, 0.15) is 17.5 Å². The van der Waals surface area contributed by atoms with Crippen molar-refractivity contribution < 1.29 is 22.2 Å². The zero-order chi connectivity index (χ0) is 15.6. The number of benzene rings is 2. The molecule has 0 aliphatic heterocycles.